The van der Waals surface area contributed by atoms with Crippen molar-refractivity contribution in [3.63, 3.8) is 0 Å². The van der Waals surface area contributed by atoms with Crippen LogP contribution in [0.25, 0.3) is 0 Å². The zero-order valence-corrected chi connectivity index (χ0v) is 14.6. The van der Waals surface area contributed by atoms with Crippen LogP contribution in [0.2, 0.25) is 0 Å². The van der Waals surface area contributed by atoms with Crippen LogP contribution in [0, 0.1) is 13.8 Å². The Bertz CT molecular complexity index is 890. The summed E-state index contributed by atoms with van der Waals surface area (Å²) in [6.45, 7) is 5.41. The summed E-state index contributed by atoms with van der Waals surface area (Å²) in [5.41, 5.74) is 2.90. The first-order valence-corrected chi connectivity index (χ1v) is 8.98. The summed E-state index contributed by atoms with van der Waals surface area (Å²) in [5.74, 6) is 0.218. The number of azo groups is 1. The van der Waals surface area contributed by atoms with E-state index < -0.39 is 10.1 Å². The molecule has 0 saturated carbocycles. The Hall–Kier alpha value is -2.25. The standard InChI is InChI=1S/C17H20N2O4S/c1-4-5-13-9-14(6-7-16(13)20)18-19-15-10-17(24(21,22)23)12(3)8-11(15)2/h6-10,20H,4-5H2,1-3H3,(H,21,22,23). The second-order valence-electron chi connectivity index (χ2n) is 5.64. The molecule has 0 saturated heterocycles. The molecule has 0 unspecified atom stereocenters. The van der Waals surface area contributed by atoms with Crippen LogP contribution in [0.1, 0.15) is 30.0 Å². The monoisotopic (exact) mass is 348 g/mol. The van der Waals surface area contributed by atoms with Gasteiger partial charge in [-0.2, -0.15) is 18.6 Å². The molecule has 0 heterocycles. The molecule has 2 aromatic rings. The third-order valence-electron chi connectivity index (χ3n) is 3.63. The molecular formula is C17H20N2O4S. The summed E-state index contributed by atoms with van der Waals surface area (Å²) < 4.78 is 32.1. The number of benzene rings is 2. The molecule has 0 aliphatic carbocycles. The van der Waals surface area contributed by atoms with Crippen LogP contribution in [0.4, 0.5) is 11.4 Å². The molecule has 24 heavy (non-hydrogen) atoms. The average Bonchev–Trinajstić information content (AvgIpc) is 2.48. The molecule has 0 aromatic heterocycles. The molecule has 0 amide bonds. The number of hydrogen-bond donors (Lipinski definition) is 2. The van der Waals surface area contributed by atoms with Gasteiger partial charge in [-0.15, -0.1) is 0 Å². The van der Waals surface area contributed by atoms with Gasteiger partial charge in [0, 0.05) is 0 Å². The zero-order valence-electron chi connectivity index (χ0n) is 13.8. The predicted molar refractivity (Wildman–Crippen MR) is 92.0 cm³/mol. The van der Waals surface area contributed by atoms with E-state index in [1.807, 2.05) is 6.92 Å². The largest absolute Gasteiger partial charge is 0.508 e. The molecule has 0 aliphatic rings. The Morgan fingerprint density at radius 3 is 2.38 bits per heavy atom. The average molecular weight is 348 g/mol. The van der Waals surface area contributed by atoms with Crippen LogP contribution in [-0.2, 0) is 16.5 Å². The molecule has 0 radical (unpaired) electrons. The number of phenolic OH excluding ortho intramolecular Hbond substituents is 1. The van der Waals surface area contributed by atoms with Crippen molar-refractivity contribution in [1.29, 1.82) is 0 Å². The van der Waals surface area contributed by atoms with E-state index in [9.17, 15) is 18.1 Å². The number of rotatable bonds is 5. The van der Waals surface area contributed by atoms with Crippen molar-refractivity contribution < 1.29 is 18.1 Å². The highest BCUT2D eigenvalue weighted by Crippen LogP contribution is 2.29. The first-order valence-electron chi connectivity index (χ1n) is 7.54. The lowest BCUT2D eigenvalue weighted by Crippen LogP contribution is -2.01. The fourth-order valence-electron chi connectivity index (χ4n) is 2.42. The minimum Gasteiger partial charge on any atom is -0.508 e. The maximum atomic E-state index is 11.4. The van der Waals surface area contributed by atoms with E-state index in [0.717, 1.165) is 24.0 Å². The molecule has 7 heteroatoms. The Morgan fingerprint density at radius 2 is 1.75 bits per heavy atom. The maximum Gasteiger partial charge on any atom is 0.294 e. The molecule has 2 aromatic carbocycles. The highest BCUT2D eigenvalue weighted by molar-refractivity contribution is 7.85. The van der Waals surface area contributed by atoms with Crippen LogP contribution < -0.4 is 0 Å². The van der Waals surface area contributed by atoms with Gasteiger partial charge in [-0.1, -0.05) is 19.4 Å². The third kappa shape index (κ3) is 4.18. The van der Waals surface area contributed by atoms with Crippen molar-refractivity contribution in [3.8, 4) is 5.75 Å². The molecule has 0 aliphatic heterocycles. The van der Waals surface area contributed by atoms with Gasteiger partial charge >= 0.3 is 0 Å². The van der Waals surface area contributed by atoms with Crippen LogP contribution in [-0.4, -0.2) is 18.1 Å². The second kappa shape index (κ2) is 7.11. The number of phenols is 1. The Labute approximate surface area is 141 Å². The van der Waals surface area contributed by atoms with E-state index in [4.69, 9.17) is 0 Å². The molecular weight excluding hydrogens is 328 g/mol. The lowest BCUT2D eigenvalue weighted by Gasteiger charge is -2.07. The lowest BCUT2D eigenvalue weighted by molar-refractivity contribution is 0.467. The number of aryl methyl sites for hydroxylation is 3. The van der Waals surface area contributed by atoms with Gasteiger partial charge < -0.3 is 5.11 Å². The van der Waals surface area contributed by atoms with Gasteiger partial charge in [0.2, 0.25) is 0 Å². The summed E-state index contributed by atoms with van der Waals surface area (Å²) >= 11 is 0. The van der Waals surface area contributed by atoms with E-state index in [1.165, 1.54) is 6.07 Å². The van der Waals surface area contributed by atoms with Crippen molar-refractivity contribution in [2.24, 2.45) is 10.2 Å². The number of hydrogen-bond acceptors (Lipinski definition) is 5. The molecule has 128 valence electrons. The van der Waals surface area contributed by atoms with Crippen LogP contribution in [0.3, 0.4) is 0 Å². The van der Waals surface area contributed by atoms with Gasteiger partial charge in [-0.3, -0.25) is 4.55 Å². The fourth-order valence-corrected chi connectivity index (χ4v) is 3.15. The summed E-state index contributed by atoms with van der Waals surface area (Å²) in [5, 5.41) is 18.0. The number of aromatic hydroxyl groups is 1. The van der Waals surface area contributed by atoms with Crippen molar-refractivity contribution in [2.75, 3.05) is 0 Å². The molecule has 2 N–H and O–H groups in total. The van der Waals surface area contributed by atoms with Crippen molar-refractivity contribution in [1.82, 2.24) is 0 Å². The third-order valence-corrected chi connectivity index (χ3v) is 4.62. The van der Waals surface area contributed by atoms with Gasteiger partial charge in [0.1, 0.15) is 5.75 Å². The quantitative estimate of drug-likeness (QED) is 0.608. The minimum absolute atomic E-state index is 0.181. The fraction of sp³-hybridized carbons (Fsp3) is 0.294. The van der Waals surface area contributed by atoms with E-state index in [2.05, 4.69) is 10.2 Å². The van der Waals surface area contributed by atoms with E-state index in [1.54, 1.807) is 38.1 Å². The minimum atomic E-state index is -4.31. The zero-order chi connectivity index (χ0) is 17.9. The van der Waals surface area contributed by atoms with Crippen LogP contribution >= 0.6 is 0 Å². The van der Waals surface area contributed by atoms with Crippen molar-refractivity contribution in [3.05, 3.63) is 47.0 Å². The smallest absolute Gasteiger partial charge is 0.294 e. The molecule has 0 bridgehead atoms. The predicted octanol–water partition coefficient (Wildman–Crippen LogP) is 4.62. The van der Waals surface area contributed by atoms with Gasteiger partial charge in [-0.25, -0.2) is 0 Å². The lowest BCUT2D eigenvalue weighted by atomic mass is 10.1. The van der Waals surface area contributed by atoms with E-state index in [-0.39, 0.29) is 10.6 Å². The summed E-state index contributed by atoms with van der Waals surface area (Å²) in [4.78, 5) is -0.181. The van der Waals surface area contributed by atoms with E-state index in [0.29, 0.717) is 16.9 Å². The highest BCUT2D eigenvalue weighted by atomic mass is 32.2. The summed E-state index contributed by atoms with van der Waals surface area (Å²) in [6.07, 6.45) is 1.62. The van der Waals surface area contributed by atoms with E-state index >= 15 is 0 Å². The summed E-state index contributed by atoms with van der Waals surface area (Å²) in [7, 11) is -4.31. The molecule has 0 spiro atoms. The van der Waals surface area contributed by atoms with Gasteiger partial charge in [0.05, 0.1) is 16.3 Å². The molecule has 2 rings (SSSR count). The molecule has 0 fully saturated rings. The molecule has 0 atom stereocenters. The maximum absolute atomic E-state index is 11.4. The van der Waals surface area contributed by atoms with Crippen LogP contribution in [0.5, 0.6) is 5.75 Å². The highest BCUT2D eigenvalue weighted by Gasteiger charge is 2.15. The Balaban J connectivity index is 2.41. The normalized spacial score (nSPS) is 12.0. The van der Waals surface area contributed by atoms with Crippen molar-refractivity contribution in [2.45, 2.75) is 38.5 Å². The SMILES string of the molecule is CCCc1cc(N=Nc2cc(S(=O)(=O)O)c(C)cc2C)ccc1O. The first kappa shape index (κ1) is 18.1. The van der Waals surface area contributed by atoms with Gasteiger partial charge in [-0.05, 0) is 61.2 Å². The summed E-state index contributed by atoms with van der Waals surface area (Å²) in [6, 6.07) is 7.87. The van der Waals surface area contributed by atoms with Crippen LogP contribution in [0.15, 0.2) is 45.5 Å². The Kier molecular flexibility index (Phi) is 5.36. The Morgan fingerprint density at radius 1 is 1.04 bits per heavy atom. The number of nitrogens with zero attached hydrogens (tertiary/aromatic N) is 2. The van der Waals surface area contributed by atoms with Crippen molar-refractivity contribution >= 4 is 21.5 Å². The topological polar surface area (TPSA) is 99.3 Å². The van der Waals surface area contributed by atoms with Gasteiger partial charge in [0.15, 0.2) is 0 Å². The first-order chi connectivity index (χ1) is 11.2. The second-order valence-corrected chi connectivity index (χ2v) is 7.03. The van der Waals surface area contributed by atoms with Gasteiger partial charge in [0.25, 0.3) is 10.1 Å². The molecule has 6 nitrogen and oxygen atoms in total.